The summed E-state index contributed by atoms with van der Waals surface area (Å²) in [4.78, 5) is 21.9. The van der Waals surface area contributed by atoms with Gasteiger partial charge in [-0.2, -0.15) is 0 Å². The van der Waals surface area contributed by atoms with Gasteiger partial charge in [0.05, 0.1) is 22.2 Å². The molecule has 0 aliphatic heterocycles. The minimum Gasteiger partial charge on any atom is -0.479 e. The molecule has 17 heavy (non-hydrogen) atoms. The predicted octanol–water partition coefficient (Wildman–Crippen LogP) is 1.17. The van der Waals surface area contributed by atoms with Crippen LogP contribution < -0.4 is 5.32 Å². The second-order valence-electron chi connectivity index (χ2n) is 3.17. The highest BCUT2D eigenvalue weighted by Crippen LogP contribution is 2.25. The first kappa shape index (κ1) is 13.8. The van der Waals surface area contributed by atoms with E-state index in [1.807, 2.05) is 0 Å². The lowest BCUT2D eigenvalue weighted by Gasteiger charge is -2.09. The largest absolute Gasteiger partial charge is 0.479 e. The van der Waals surface area contributed by atoms with Crippen molar-refractivity contribution < 1.29 is 19.8 Å². The summed E-state index contributed by atoms with van der Waals surface area (Å²) in [6.45, 7) is -0.406. The summed E-state index contributed by atoms with van der Waals surface area (Å²) in [6, 6.07) is 4.50. The third-order valence-electron chi connectivity index (χ3n) is 1.94. The van der Waals surface area contributed by atoms with E-state index in [0.29, 0.717) is 0 Å². The summed E-state index contributed by atoms with van der Waals surface area (Å²) in [7, 11) is 0. The Labute approximate surface area is 107 Å². The number of aliphatic carboxylic acids is 1. The summed E-state index contributed by atoms with van der Waals surface area (Å²) in [5, 5.41) is 19.9. The van der Waals surface area contributed by atoms with Crippen molar-refractivity contribution >= 4 is 35.1 Å². The zero-order chi connectivity index (χ0) is 13.0. The molecule has 1 atom stereocenters. The highest BCUT2D eigenvalue weighted by Gasteiger charge is 2.17. The van der Waals surface area contributed by atoms with Crippen LogP contribution in [0.25, 0.3) is 0 Å². The smallest absolute Gasteiger partial charge is 0.334 e. The van der Waals surface area contributed by atoms with E-state index < -0.39 is 24.5 Å². The minimum absolute atomic E-state index is 0.0801. The number of hydrogen-bond donors (Lipinski definition) is 3. The van der Waals surface area contributed by atoms with Crippen molar-refractivity contribution in [1.29, 1.82) is 0 Å². The molecule has 1 amide bonds. The van der Waals surface area contributed by atoms with Gasteiger partial charge in [0.1, 0.15) is 0 Å². The monoisotopic (exact) mass is 277 g/mol. The number of aliphatic hydroxyl groups excluding tert-OH is 1. The van der Waals surface area contributed by atoms with Crippen LogP contribution in [0.1, 0.15) is 10.4 Å². The Morgan fingerprint density at radius 2 is 2.00 bits per heavy atom. The van der Waals surface area contributed by atoms with E-state index >= 15 is 0 Å². The second-order valence-corrected chi connectivity index (χ2v) is 3.95. The van der Waals surface area contributed by atoms with Crippen molar-refractivity contribution in [3.63, 3.8) is 0 Å². The molecule has 0 saturated heterocycles. The summed E-state index contributed by atoms with van der Waals surface area (Å²) >= 11 is 11.5. The highest BCUT2D eigenvalue weighted by atomic mass is 35.5. The lowest BCUT2D eigenvalue weighted by molar-refractivity contribution is -0.146. The van der Waals surface area contributed by atoms with E-state index in [2.05, 4.69) is 5.32 Å². The van der Waals surface area contributed by atoms with Crippen LogP contribution in [0.3, 0.4) is 0 Å². The van der Waals surface area contributed by atoms with Gasteiger partial charge < -0.3 is 15.5 Å². The van der Waals surface area contributed by atoms with Gasteiger partial charge in [-0.25, -0.2) is 4.79 Å². The highest BCUT2D eigenvalue weighted by molar-refractivity contribution is 6.43. The van der Waals surface area contributed by atoms with Crippen molar-refractivity contribution in [3.8, 4) is 0 Å². The van der Waals surface area contributed by atoms with Crippen LogP contribution in [0.5, 0.6) is 0 Å². The van der Waals surface area contributed by atoms with Gasteiger partial charge in [-0.3, -0.25) is 4.79 Å². The molecule has 92 valence electrons. The van der Waals surface area contributed by atoms with Gasteiger partial charge in [-0.05, 0) is 12.1 Å². The molecule has 0 fully saturated rings. The first-order valence-corrected chi connectivity index (χ1v) is 5.32. The van der Waals surface area contributed by atoms with Crippen molar-refractivity contribution in [3.05, 3.63) is 33.8 Å². The maximum Gasteiger partial charge on any atom is 0.334 e. The molecule has 1 aromatic carbocycles. The second kappa shape index (κ2) is 5.86. The number of rotatable bonds is 4. The zero-order valence-corrected chi connectivity index (χ0v) is 10.00. The topological polar surface area (TPSA) is 86.6 Å². The van der Waals surface area contributed by atoms with Crippen LogP contribution in [-0.4, -0.2) is 34.7 Å². The Hall–Kier alpha value is -1.30. The van der Waals surface area contributed by atoms with Crippen molar-refractivity contribution in [1.82, 2.24) is 5.32 Å². The predicted molar refractivity (Wildman–Crippen MR) is 62.4 cm³/mol. The van der Waals surface area contributed by atoms with Crippen LogP contribution in [-0.2, 0) is 4.79 Å². The Kier molecular flexibility index (Phi) is 4.74. The number of aliphatic hydroxyl groups is 1. The van der Waals surface area contributed by atoms with E-state index in [-0.39, 0.29) is 15.6 Å². The number of carboxylic acids is 1. The molecule has 0 spiro atoms. The quantitative estimate of drug-likeness (QED) is 0.771. The Morgan fingerprint density at radius 1 is 1.35 bits per heavy atom. The molecular weight excluding hydrogens is 269 g/mol. The summed E-state index contributed by atoms with van der Waals surface area (Å²) in [5.41, 5.74) is 0.122. The third-order valence-corrected chi connectivity index (χ3v) is 2.76. The minimum atomic E-state index is -1.66. The SMILES string of the molecule is O=C(NCC(O)C(=O)O)c1cccc(Cl)c1Cl. The number of carbonyl (C=O) groups excluding carboxylic acids is 1. The summed E-state index contributed by atoms with van der Waals surface area (Å²) < 4.78 is 0. The Bertz CT molecular complexity index is 450. The lowest BCUT2D eigenvalue weighted by Crippen LogP contribution is -2.36. The standard InChI is InChI=1S/C10H9Cl2NO4/c11-6-3-1-2-5(8(6)12)9(15)13-4-7(14)10(16)17/h1-3,7,14H,4H2,(H,13,15)(H,16,17). The molecule has 0 aromatic heterocycles. The Balaban J connectivity index is 2.71. The lowest BCUT2D eigenvalue weighted by atomic mass is 10.2. The molecule has 1 unspecified atom stereocenters. The van der Waals surface area contributed by atoms with Crippen molar-refractivity contribution in [2.24, 2.45) is 0 Å². The van der Waals surface area contributed by atoms with Crippen LogP contribution in [0, 0.1) is 0 Å². The molecule has 5 nitrogen and oxygen atoms in total. The molecule has 3 N–H and O–H groups in total. The van der Waals surface area contributed by atoms with Gasteiger partial charge in [0.15, 0.2) is 6.10 Å². The molecule has 0 radical (unpaired) electrons. The van der Waals surface area contributed by atoms with Crippen LogP contribution >= 0.6 is 23.2 Å². The van der Waals surface area contributed by atoms with Gasteiger partial charge >= 0.3 is 5.97 Å². The van der Waals surface area contributed by atoms with E-state index in [9.17, 15) is 9.59 Å². The normalized spacial score (nSPS) is 11.9. The van der Waals surface area contributed by atoms with E-state index in [0.717, 1.165) is 0 Å². The fraction of sp³-hybridized carbons (Fsp3) is 0.200. The maximum absolute atomic E-state index is 11.6. The van der Waals surface area contributed by atoms with E-state index in [1.165, 1.54) is 18.2 Å². The van der Waals surface area contributed by atoms with Gasteiger partial charge in [0, 0.05) is 0 Å². The molecule has 0 aliphatic carbocycles. The van der Waals surface area contributed by atoms with Crippen molar-refractivity contribution in [2.75, 3.05) is 6.54 Å². The molecule has 0 aliphatic rings. The number of carbonyl (C=O) groups is 2. The fourth-order valence-corrected chi connectivity index (χ4v) is 1.44. The summed E-state index contributed by atoms with van der Waals surface area (Å²) in [5.74, 6) is -2.01. The Morgan fingerprint density at radius 3 is 2.59 bits per heavy atom. The average molecular weight is 278 g/mol. The first-order chi connectivity index (χ1) is 7.93. The number of halogens is 2. The molecular formula is C10H9Cl2NO4. The molecule has 0 saturated carbocycles. The number of benzene rings is 1. The molecule has 0 bridgehead atoms. The number of hydrogen-bond acceptors (Lipinski definition) is 3. The van der Waals surface area contributed by atoms with Crippen LogP contribution in [0.2, 0.25) is 10.0 Å². The fourth-order valence-electron chi connectivity index (χ4n) is 1.05. The van der Waals surface area contributed by atoms with Crippen molar-refractivity contribution in [2.45, 2.75) is 6.10 Å². The number of amides is 1. The van der Waals surface area contributed by atoms with Crippen LogP contribution in [0.4, 0.5) is 0 Å². The number of carboxylic acid groups (broad SMARTS) is 1. The first-order valence-electron chi connectivity index (χ1n) is 4.56. The third kappa shape index (κ3) is 3.59. The van der Waals surface area contributed by atoms with E-state index in [1.54, 1.807) is 0 Å². The molecule has 7 heteroatoms. The van der Waals surface area contributed by atoms with Gasteiger partial charge in [-0.1, -0.05) is 29.3 Å². The van der Waals surface area contributed by atoms with Gasteiger partial charge in [0.25, 0.3) is 5.91 Å². The maximum atomic E-state index is 11.6. The molecule has 0 heterocycles. The zero-order valence-electron chi connectivity index (χ0n) is 8.48. The molecule has 1 aromatic rings. The van der Waals surface area contributed by atoms with Gasteiger partial charge in [-0.15, -0.1) is 0 Å². The van der Waals surface area contributed by atoms with Gasteiger partial charge in [0.2, 0.25) is 0 Å². The molecule has 1 rings (SSSR count). The average Bonchev–Trinajstić information content (AvgIpc) is 2.29. The number of nitrogens with one attached hydrogen (secondary N) is 1. The summed E-state index contributed by atoms with van der Waals surface area (Å²) in [6.07, 6.45) is -1.66. The van der Waals surface area contributed by atoms with Crippen LogP contribution in [0.15, 0.2) is 18.2 Å². The van der Waals surface area contributed by atoms with E-state index in [4.69, 9.17) is 33.4 Å².